The Kier molecular flexibility index (Phi) is 8.69. The zero-order chi connectivity index (χ0) is 19.3. The molecule has 0 aliphatic heterocycles. The van der Waals surface area contributed by atoms with Gasteiger partial charge < -0.3 is 20.7 Å². The van der Waals surface area contributed by atoms with Crippen LogP contribution in [0.3, 0.4) is 0 Å². The fraction of sp³-hybridized carbons (Fsp3) is 0.333. The van der Waals surface area contributed by atoms with E-state index >= 15 is 0 Å². The van der Waals surface area contributed by atoms with Crippen molar-refractivity contribution in [1.82, 2.24) is 16.0 Å². The van der Waals surface area contributed by atoms with Crippen LogP contribution in [0.4, 0.5) is 0 Å². The molecule has 1 amide bonds. The summed E-state index contributed by atoms with van der Waals surface area (Å²) in [6, 6.07) is 17.5. The largest absolute Gasteiger partial charge is 0.497 e. The predicted octanol–water partition coefficient (Wildman–Crippen LogP) is 2.22. The van der Waals surface area contributed by atoms with Crippen molar-refractivity contribution >= 4 is 11.9 Å². The van der Waals surface area contributed by atoms with Gasteiger partial charge in [-0.2, -0.15) is 0 Å². The van der Waals surface area contributed by atoms with E-state index in [2.05, 4.69) is 45.2 Å². The molecule has 0 aliphatic carbocycles. The van der Waals surface area contributed by atoms with Gasteiger partial charge in [-0.05, 0) is 42.7 Å². The number of ether oxygens (including phenoxy) is 1. The van der Waals surface area contributed by atoms with Gasteiger partial charge in [-0.3, -0.25) is 9.79 Å². The maximum atomic E-state index is 12.1. The number of methoxy groups -OCH3 is 1. The van der Waals surface area contributed by atoms with Crippen LogP contribution in [0.2, 0.25) is 0 Å². The van der Waals surface area contributed by atoms with Crippen LogP contribution in [0.25, 0.3) is 0 Å². The van der Waals surface area contributed by atoms with Crippen LogP contribution >= 0.6 is 0 Å². The molecule has 0 radical (unpaired) electrons. The van der Waals surface area contributed by atoms with E-state index in [4.69, 9.17) is 4.74 Å². The second kappa shape index (κ2) is 11.6. The molecule has 2 aromatic carbocycles. The van der Waals surface area contributed by atoms with Crippen LogP contribution in [0.1, 0.15) is 22.3 Å². The Balaban J connectivity index is 1.60. The summed E-state index contributed by atoms with van der Waals surface area (Å²) in [5.74, 6) is 1.36. The molecule has 0 saturated carbocycles. The normalized spacial score (nSPS) is 11.0. The van der Waals surface area contributed by atoms with Crippen molar-refractivity contribution in [1.29, 1.82) is 0 Å². The Hall–Kier alpha value is -3.02. The Morgan fingerprint density at radius 3 is 2.26 bits per heavy atom. The molecule has 0 unspecified atom stereocenters. The molecular weight excluding hydrogens is 340 g/mol. The van der Waals surface area contributed by atoms with Crippen molar-refractivity contribution in [3.63, 3.8) is 0 Å². The second-order valence-corrected chi connectivity index (χ2v) is 6.00. The van der Waals surface area contributed by atoms with Gasteiger partial charge in [-0.25, -0.2) is 0 Å². The fourth-order valence-corrected chi connectivity index (χ4v) is 2.57. The van der Waals surface area contributed by atoms with E-state index in [1.54, 1.807) is 38.4 Å². The number of carbonyl (C=O) groups excluding carboxylic acids is 1. The van der Waals surface area contributed by atoms with Gasteiger partial charge in [-0.1, -0.05) is 30.3 Å². The summed E-state index contributed by atoms with van der Waals surface area (Å²) in [4.78, 5) is 16.3. The number of nitrogens with one attached hydrogen (secondary N) is 3. The molecule has 27 heavy (non-hydrogen) atoms. The van der Waals surface area contributed by atoms with Gasteiger partial charge in [0.1, 0.15) is 5.75 Å². The third-order valence-corrected chi connectivity index (χ3v) is 4.06. The van der Waals surface area contributed by atoms with Crippen molar-refractivity contribution in [3.8, 4) is 5.75 Å². The molecule has 0 aliphatic rings. The van der Waals surface area contributed by atoms with Gasteiger partial charge in [0, 0.05) is 32.2 Å². The van der Waals surface area contributed by atoms with E-state index in [0.29, 0.717) is 18.7 Å². The smallest absolute Gasteiger partial charge is 0.251 e. The summed E-state index contributed by atoms with van der Waals surface area (Å²) in [7, 11) is 3.34. The van der Waals surface area contributed by atoms with Gasteiger partial charge >= 0.3 is 0 Å². The minimum absolute atomic E-state index is 0.106. The average molecular weight is 368 g/mol. The summed E-state index contributed by atoms with van der Waals surface area (Å²) >= 11 is 0. The highest BCUT2D eigenvalue weighted by atomic mass is 16.5. The Morgan fingerprint density at radius 1 is 0.926 bits per heavy atom. The number of aliphatic imine (C=N–C) groups is 1. The first-order chi connectivity index (χ1) is 13.2. The number of hydrogen-bond acceptors (Lipinski definition) is 3. The number of benzene rings is 2. The zero-order valence-corrected chi connectivity index (χ0v) is 16.0. The Labute approximate surface area is 161 Å². The summed E-state index contributed by atoms with van der Waals surface area (Å²) in [6.07, 6.45) is 2.06. The highest BCUT2D eigenvalue weighted by Crippen LogP contribution is 2.10. The summed E-state index contributed by atoms with van der Waals surface area (Å²) < 4.78 is 5.09. The molecule has 0 spiro atoms. The quantitative estimate of drug-likeness (QED) is 0.360. The van der Waals surface area contributed by atoms with Crippen LogP contribution in [0.15, 0.2) is 59.6 Å². The number of aryl methyl sites for hydroxylation is 1. The van der Waals surface area contributed by atoms with Crippen molar-refractivity contribution in [2.24, 2.45) is 4.99 Å². The standard InChI is InChI=1S/C21H28N4O2/c1-22-21(24-14-6-9-17-7-4-3-5-8-17)25-16-15-23-20(26)18-10-12-19(27-2)13-11-18/h3-5,7-8,10-13H,6,9,14-16H2,1-2H3,(H,23,26)(H2,22,24,25). The monoisotopic (exact) mass is 368 g/mol. The molecule has 0 saturated heterocycles. The van der Waals surface area contributed by atoms with Crippen molar-refractivity contribution in [3.05, 3.63) is 65.7 Å². The predicted molar refractivity (Wildman–Crippen MR) is 109 cm³/mol. The summed E-state index contributed by atoms with van der Waals surface area (Å²) in [5.41, 5.74) is 1.95. The first-order valence-corrected chi connectivity index (χ1v) is 9.13. The maximum Gasteiger partial charge on any atom is 0.251 e. The minimum atomic E-state index is -0.106. The van der Waals surface area contributed by atoms with Gasteiger partial charge in [0.2, 0.25) is 0 Å². The zero-order valence-electron chi connectivity index (χ0n) is 16.0. The molecule has 6 heteroatoms. The number of rotatable bonds is 9. The molecule has 2 rings (SSSR count). The third kappa shape index (κ3) is 7.40. The number of carbonyl (C=O) groups is 1. The Bertz CT molecular complexity index is 715. The summed E-state index contributed by atoms with van der Waals surface area (Å²) in [5, 5.41) is 9.36. The van der Waals surface area contributed by atoms with Crippen LogP contribution < -0.4 is 20.7 Å². The lowest BCUT2D eigenvalue weighted by molar-refractivity contribution is 0.0954. The van der Waals surface area contributed by atoms with Crippen molar-refractivity contribution < 1.29 is 9.53 Å². The molecule has 0 heterocycles. The minimum Gasteiger partial charge on any atom is -0.497 e. The summed E-state index contributed by atoms with van der Waals surface area (Å²) in [6.45, 7) is 1.95. The molecule has 144 valence electrons. The van der Waals surface area contributed by atoms with Crippen LogP contribution in [-0.4, -0.2) is 45.7 Å². The molecule has 2 aromatic rings. The molecule has 3 N–H and O–H groups in total. The van der Waals surface area contributed by atoms with Crippen LogP contribution in [0.5, 0.6) is 5.75 Å². The lowest BCUT2D eigenvalue weighted by Gasteiger charge is -2.12. The van der Waals surface area contributed by atoms with E-state index in [1.165, 1.54) is 5.56 Å². The SMILES string of the molecule is CN=C(NCCCc1ccccc1)NCCNC(=O)c1ccc(OC)cc1. The molecule has 0 atom stereocenters. The molecular formula is C21H28N4O2. The van der Waals surface area contributed by atoms with Crippen molar-refractivity contribution in [2.45, 2.75) is 12.8 Å². The lowest BCUT2D eigenvalue weighted by atomic mass is 10.1. The number of guanidine groups is 1. The van der Waals surface area contributed by atoms with Gasteiger partial charge in [0.05, 0.1) is 7.11 Å². The topological polar surface area (TPSA) is 74.8 Å². The Morgan fingerprint density at radius 2 is 1.59 bits per heavy atom. The van der Waals surface area contributed by atoms with Gasteiger partial charge in [-0.15, -0.1) is 0 Å². The fourth-order valence-electron chi connectivity index (χ4n) is 2.57. The molecule has 0 fully saturated rings. The first kappa shape index (κ1) is 20.3. The highest BCUT2D eigenvalue weighted by molar-refractivity contribution is 5.94. The van der Waals surface area contributed by atoms with Gasteiger partial charge in [0.25, 0.3) is 5.91 Å². The number of nitrogens with zero attached hydrogens (tertiary/aromatic N) is 1. The number of hydrogen-bond donors (Lipinski definition) is 3. The van der Waals surface area contributed by atoms with Crippen LogP contribution in [0, 0.1) is 0 Å². The average Bonchev–Trinajstić information content (AvgIpc) is 2.73. The lowest BCUT2D eigenvalue weighted by Crippen LogP contribution is -2.41. The maximum absolute atomic E-state index is 12.1. The van der Waals surface area contributed by atoms with E-state index in [9.17, 15) is 4.79 Å². The van der Waals surface area contributed by atoms with E-state index in [1.807, 2.05) is 6.07 Å². The van der Waals surface area contributed by atoms with Gasteiger partial charge in [0.15, 0.2) is 5.96 Å². The first-order valence-electron chi connectivity index (χ1n) is 9.13. The van der Waals surface area contributed by atoms with Crippen molar-refractivity contribution in [2.75, 3.05) is 33.8 Å². The van der Waals surface area contributed by atoms with E-state index < -0.39 is 0 Å². The number of amides is 1. The highest BCUT2D eigenvalue weighted by Gasteiger charge is 2.05. The second-order valence-electron chi connectivity index (χ2n) is 6.00. The van der Waals surface area contributed by atoms with Crippen LogP contribution in [-0.2, 0) is 6.42 Å². The molecule has 0 aromatic heterocycles. The third-order valence-electron chi connectivity index (χ3n) is 4.06. The van der Waals surface area contributed by atoms with E-state index in [-0.39, 0.29) is 5.91 Å². The molecule has 6 nitrogen and oxygen atoms in total. The van der Waals surface area contributed by atoms with E-state index in [0.717, 1.165) is 31.1 Å². The molecule has 0 bridgehead atoms.